The van der Waals surface area contributed by atoms with Gasteiger partial charge in [-0.25, -0.2) is 0 Å². The van der Waals surface area contributed by atoms with Crippen molar-refractivity contribution < 1.29 is 19.0 Å². The summed E-state index contributed by atoms with van der Waals surface area (Å²) in [7, 11) is 0. The molecule has 0 bridgehead atoms. The smallest absolute Gasteiger partial charge is 0.210 e. The van der Waals surface area contributed by atoms with Crippen LogP contribution in [0.3, 0.4) is 0 Å². The number of fused-ring (bicyclic) bond motifs is 3. The zero-order chi connectivity index (χ0) is 26.5. The van der Waals surface area contributed by atoms with Crippen LogP contribution in [0.15, 0.2) is 66.7 Å². The van der Waals surface area contributed by atoms with E-state index in [-0.39, 0.29) is 12.3 Å². The lowest BCUT2D eigenvalue weighted by atomic mass is 9.93. The minimum Gasteiger partial charge on any atom is -0.488 e. The number of carbonyl (C=O) groups is 1. The van der Waals surface area contributed by atoms with Crippen LogP contribution in [0.2, 0.25) is 10.0 Å². The number of ether oxygens (including phenoxy) is 3. The molecule has 1 amide bonds. The Morgan fingerprint density at radius 2 is 1.82 bits per heavy atom. The predicted molar refractivity (Wildman–Crippen MR) is 150 cm³/mol. The van der Waals surface area contributed by atoms with E-state index >= 15 is 0 Å². The molecular formula is C30H30Cl2N2O4. The molecule has 0 saturated carbocycles. The van der Waals surface area contributed by atoms with Gasteiger partial charge in [0, 0.05) is 33.2 Å². The molecule has 0 aliphatic carbocycles. The van der Waals surface area contributed by atoms with Gasteiger partial charge in [-0.05, 0) is 65.9 Å². The van der Waals surface area contributed by atoms with E-state index in [1.54, 1.807) is 0 Å². The number of benzene rings is 3. The Morgan fingerprint density at radius 1 is 1.05 bits per heavy atom. The summed E-state index contributed by atoms with van der Waals surface area (Å²) in [6.07, 6.45) is 2.43. The molecule has 6 rings (SSSR count). The van der Waals surface area contributed by atoms with Crippen LogP contribution in [-0.2, 0) is 27.1 Å². The molecule has 1 atom stereocenters. The fourth-order valence-electron chi connectivity index (χ4n) is 4.95. The number of nitrogens with zero attached hydrogens (tertiary/aromatic N) is 1. The van der Waals surface area contributed by atoms with E-state index < -0.39 is 0 Å². The van der Waals surface area contributed by atoms with Crippen LogP contribution < -0.4 is 4.74 Å². The van der Waals surface area contributed by atoms with E-state index in [2.05, 4.69) is 11.9 Å². The minimum atomic E-state index is -0.306. The van der Waals surface area contributed by atoms with Crippen LogP contribution in [0, 0.1) is 0 Å². The van der Waals surface area contributed by atoms with Gasteiger partial charge in [0.25, 0.3) is 0 Å². The van der Waals surface area contributed by atoms with Crippen LogP contribution in [0.5, 0.6) is 5.75 Å². The lowest BCUT2D eigenvalue weighted by Crippen LogP contribution is -2.34. The quantitative estimate of drug-likeness (QED) is 0.274. The highest BCUT2D eigenvalue weighted by Crippen LogP contribution is 2.38. The third kappa shape index (κ3) is 5.84. The molecule has 6 nitrogen and oxygen atoms in total. The molecule has 0 radical (unpaired) electrons. The SMILES string of the molecule is CCc1ccccc1Cl.O=CN1CCc2c([nH]c3ccc(Cl)cc23)C1c1ccc(OCC2OCCO2)cc1. The summed E-state index contributed by atoms with van der Waals surface area (Å²) in [6.45, 7) is 4.33. The Kier molecular flexibility index (Phi) is 8.55. The topological polar surface area (TPSA) is 63.8 Å². The number of aromatic amines is 1. The Balaban J connectivity index is 0.000000278. The standard InChI is InChI=1S/C22H21ClN2O4.C8H9Cl/c23-15-3-6-19-18(11-15)17-7-8-25(13-26)22(21(17)24-19)14-1-4-16(5-2-14)29-12-20-27-9-10-28-20;1-2-7-5-3-4-6-8(7)9/h1-6,11,13,20,22,24H,7-10,12H2;3-6H,2H2,1H3. The average Bonchev–Trinajstić information content (AvgIpc) is 3.60. The molecule has 1 saturated heterocycles. The van der Waals surface area contributed by atoms with Crippen LogP contribution in [-0.4, -0.2) is 48.9 Å². The lowest BCUT2D eigenvalue weighted by molar-refractivity contribution is -0.120. The van der Waals surface area contributed by atoms with E-state index in [0.29, 0.717) is 31.4 Å². The molecule has 2 aliphatic heterocycles. The maximum absolute atomic E-state index is 11.8. The second-order valence-corrected chi connectivity index (χ2v) is 10.0. The normalized spacial score (nSPS) is 17.1. The third-order valence-corrected chi connectivity index (χ3v) is 7.48. The third-order valence-electron chi connectivity index (χ3n) is 6.87. The number of aryl methyl sites for hydroxylation is 1. The van der Waals surface area contributed by atoms with Crippen LogP contribution in [0.25, 0.3) is 10.9 Å². The van der Waals surface area contributed by atoms with E-state index in [1.165, 1.54) is 11.1 Å². The molecule has 1 aromatic heterocycles. The molecule has 1 unspecified atom stereocenters. The Labute approximate surface area is 232 Å². The average molecular weight is 553 g/mol. The summed E-state index contributed by atoms with van der Waals surface area (Å²) < 4.78 is 16.5. The van der Waals surface area contributed by atoms with E-state index in [9.17, 15) is 4.79 Å². The molecule has 3 heterocycles. The lowest BCUT2D eigenvalue weighted by Gasteiger charge is -2.33. The fraction of sp³-hybridized carbons (Fsp3) is 0.300. The maximum atomic E-state index is 11.8. The first kappa shape index (κ1) is 26.6. The minimum absolute atomic E-state index is 0.169. The highest BCUT2D eigenvalue weighted by molar-refractivity contribution is 6.31. The van der Waals surface area contributed by atoms with Crippen molar-refractivity contribution in [2.45, 2.75) is 32.1 Å². The van der Waals surface area contributed by atoms with Gasteiger partial charge < -0.3 is 24.1 Å². The molecule has 8 heteroatoms. The first-order valence-corrected chi connectivity index (χ1v) is 13.5. The second kappa shape index (κ2) is 12.2. The number of aromatic nitrogens is 1. The number of rotatable bonds is 6. The number of hydrogen-bond donors (Lipinski definition) is 1. The largest absolute Gasteiger partial charge is 0.488 e. The van der Waals surface area contributed by atoms with Gasteiger partial charge >= 0.3 is 0 Å². The number of hydrogen-bond acceptors (Lipinski definition) is 4. The first-order valence-electron chi connectivity index (χ1n) is 12.8. The Bertz CT molecular complexity index is 1380. The summed E-state index contributed by atoms with van der Waals surface area (Å²) >= 11 is 12.0. The van der Waals surface area contributed by atoms with Crippen molar-refractivity contribution in [2.75, 3.05) is 26.4 Å². The summed E-state index contributed by atoms with van der Waals surface area (Å²) in [6, 6.07) is 21.4. The van der Waals surface area contributed by atoms with Gasteiger partial charge in [-0.15, -0.1) is 0 Å². The zero-order valence-electron chi connectivity index (χ0n) is 21.2. The summed E-state index contributed by atoms with van der Waals surface area (Å²) in [5.74, 6) is 0.741. The van der Waals surface area contributed by atoms with Crippen molar-refractivity contribution in [2.24, 2.45) is 0 Å². The molecule has 1 N–H and O–H groups in total. The second-order valence-electron chi connectivity index (χ2n) is 9.20. The monoisotopic (exact) mass is 552 g/mol. The molecule has 4 aromatic rings. The highest BCUT2D eigenvalue weighted by Gasteiger charge is 2.31. The van der Waals surface area contributed by atoms with Crippen molar-refractivity contribution in [3.05, 3.63) is 99.2 Å². The Morgan fingerprint density at radius 3 is 2.50 bits per heavy atom. The number of nitrogens with one attached hydrogen (secondary N) is 1. The molecule has 2 aliphatic rings. The van der Waals surface area contributed by atoms with Crippen LogP contribution >= 0.6 is 23.2 Å². The van der Waals surface area contributed by atoms with Crippen molar-refractivity contribution in [3.63, 3.8) is 0 Å². The number of H-pyrrole nitrogens is 1. The van der Waals surface area contributed by atoms with E-state index in [0.717, 1.165) is 52.2 Å². The molecule has 1 fully saturated rings. The van der Waals surface area contributed by atoms with Gasteiger partial charge in [-0.3, -0.25) is 4.79 Å². The molecular weight excluding hydrogens is 523 g/mol. The van der Waals surface area contributed by atoms with Gasteiger partial charge in [0.05, 0.1) is 19.3 Å². The van der Waals surface area contributed by atoms with Gasteiger partial charge in [0.2, 0.25) is 6.41 Å². The summed E-state index contributed by atoms with van der Waals surface area (Å²) in [5.41, 5.74) is 5.55. The van der Waals surface area contributed by atoms with Crippen LogP contribution in [0.1, 0.15) is 35.3 Å². The van der Waals surface area contributed by atoms with Gasteiger partial charge in [0.15, 0.2) is 6.29 Å². The number of halogens is 2. The molecule has 3 aromatic carbocycles. The van der Waals surface area contributed by atoms with Crippen molar-refractivity contribution in [1.29, 1.82) is 0 Å². The summed E-state index contributed by atoms with van der Waals surface area (Å²) in [5, 5.41) is 2.71. The van der Waals surface area contributed by atoms with E-state index in [4.69, 9.17) is 37.4 Å². The van der Waals surface area contributed by atoms with Gasteiger partial charge in [-0.2, -0.15) is 0 Å². The van der Waals surface area contributed by atoms with Gasteiger partial charge in [-0.1, -0.05) is 60.5 Å². The van der Waals surface area contributed by atoms with Crippen molar-refractivity contribution in [1.82, 2.24) is 9.88 Å². The molecule has 38 heavy (non-hydrogen) atoms. The fourth-order valence-corrected chi connectivity index (χ4v) is 5.39. The summed E-state index contributed by atoms with van der Waals surface area (Å²) in [4.78, 5) is 17.1. The van der Waals surface area contributed by atoms with Gasteiger partial charge in [0.1, 0.15) is 12.4 Å². The molecule has 0 spiro atoms. The maximum Gasteiger partial charge on any atom is 0.210 e. The van der Waals surface area contributed by atoms with E-state index in [1.807, 2.05) is 71.6 Å². The Hall–Kier alpha value is -3.03. The number of amides is 1. The number of carbonyl (C=O) groups excluding carboxylic acids is 1. The molecule has 198 valence electrons. The first-order chi connectivity index (χ1) is 18.6. The highest BCUT2D eigenvalue weighted by atomic mass is 35.5. The van der Waals surface area contributed by atoms with Crippen molar-refractivity contribution in [3.8, 4) is 5.75 Å². The zero-order valence-corrected chi connectivity index (χ0v) is 22.7. The predicted octanol–water partition coefficient (Wildman–Crippen LogP) is 6.58. The van der Waals surface area contributed by atoms with Crippen LogP contribution in [0.4, 0.5) is 0 Å². The van der Waals surface area contributed by atoms with Crippen molar-refractivity contribution >= 4 is 40.5 Å².